The summed E-state index contributed by atoms with van der Waals surface area (Å²) in [6.07, 6.45) is 4.34. The molecule has 0 aliphatic carbocycles. The first-order valence-corrected chi connectivity index (χ1v) is 8.40. The van der Waals surface area contributed by atoms with Crippen molar-refractivity contribution in [3.05, 3.63) is 64.7 Å². The van der Waals surface area contributed by atoms with Gasteiger partial charge in [-0.1, -0.05) is 12.1 Å². The van der Waals surface area contributed by atoms with Crippen molar-refractivity contribution < 1.29 is 9.53 Å². The zero-order chi connectivity index (χ0) is 19.2. The second-order valence-corrected chi connectivity index (χ2v) is 5.96. The lowest BCUT2D eigenvalue weighted by molar-refractivity contribution is 0.0937. The molecule has 1 aromatic carbocycles. The summed E-state index contributed by atoms with van der Waals surface area (Å²) in [4.78, 5) is 30.7. The van der Waals surface area contributed by atoms with E-state index in [1.807, 2.05) is 11.5 Å². The maximum absolute atomic E-state index is 12.6. The number of nitrogens with zero attached hydrogens (tertiary/aromatic N) is 4. The highest BCUT2D eigenvalue weighted by molar-refractivity contribution is 5.95. The summed E-state index contributed by atoms with van der Waals surface area (Å²) >= 11 is 0. The van der Waals surface area contributed by atoms with Crippen molar-refractivity contribution in [3.63, 3.8) is 0 Å². The first-order chi connectivity index (χ1) is 13.1. The van der Waals surface area contributed by atoms with Crippen LogP contribution in [0, 0.1) is 0 Å². The number of rotatable bonds is 7. The number of hydrogen-bond acceptors (Lipinski definition) is 6. The van der Waals surface area contributed by atoms with Crippen molar-refractivity contribution in [3.8, 4) is 11.3 Å². The van der Waals surface area contributed by atoms with E-state index in [-0.39, 0.29) is 17.5 Å². The molecule has 0 bridgehead atoms. The number of methoxy groups -OCH3 is 1. The van der Waals surface area contributed by atoms with Gasteiger partial charge in [-0.2, -0.15) is 0 Å². The third-order valence-corrected chi connectivity index (χ3v) is 4.01. The second-order valence-electron chi connectivity index (χ2n) is 5.96. The van der Waals surface area contributed by atoms with Gasteiger partial charge in [0, 0.05) is 24.8 Å². The van der Waals surface area contributed by atoms with Crippen LogP contribution in [0.2, 0.25) is 0 Å². The molecule has 0 saturated carbocycles. The standard InChI is InChI=1S/C18H20N6O3/c1-12(17-23-20-11-24(17)6-7-27-2)21-18(26)14-5-3-4-13(8-14)15-9-19-10-16(25)22-15/h3-5,8-12H,6-7H2,1-2H3,(H,21,26)(H,22,25)/t12-/m0/s1. The lowest BCUT2D eigenvalue weighted by Gasteiger charge is -2.15. The molecule has 27 heavy (non-hydrogen) atoms. The number of H-pyrrole nitrogens is 1. The second kappa shape index (κ2) is 8.37. The molecule has 1 amide bonds. The van der Waals surface area contributed by atoms with Crippen molar-refractivity contribution in [1.29, 1.82) is 0 Å². The van der Waals surface area contributed by atoms with Crippen LogP contribution in [0.4, 0.5) is 0 Å². The molecule has 2 N–H and O–H groups in total. The molecular formula is C18H20N6O3. The molecule has 0 unspecified atom stereocenters. The van der Waals surface area contributed by atoms with Crippen LogP contribution in [0.3, 0.4) is 0 Å². The maximum Gasteiger partial charge on any atom is 0.266 e. The molecule has 0 fully saturated rings. The van der Waals surface area contributed by atoms with Gasteiger partial charge in [-0.05, 0) is 19.1 Å². The van der Waals surface area contributed by atoms with Gasteiger partial charge in [0.25, 0.3) is 11.5 Å². The molecule has 1 atom stereocenters. The fourth-order valence-electron chi connectivity index (χ4n) is 2.66. The normalized spacial score (nSPS) is 11.9. The van der Waals surface area contributed by atoms with E-state index in [0.717, 1.165) is 0 Å². The molecule has 0 aliphatic rings. The molecule has 0 saturated heterocycles. The number of nitrogens with one attached hydrogen (secondary N) is 2. The average molecular weight is 368 g/mol. The predicted octanol–water partition coefficient (Wildman–Crippen LogP) is 1.17. The highest BCUT2D eigenvalue weighted by Gasteiger charge is 2.17. The Bertz CT molecular complexity index is 981. The Morgan fingerprint density at radius 1 is 1.37 bits per heavy atom. The summed E-state index contributed by atoms with van der Waals surface area (Å²) < 4.78 is 6.91. The van der Waals surface area contributed by atoms with Gasteiger partial charge in [0.05, 0.1) is 30.7 Å². The maximum atomic E-state index is 12.6. The van der Waals surface area contributed by atoms with Gasteiger partial charge in [0.2, 0.25) is 0 Å². The number of ether oxygens (including phenoxy) is 1. The summed E-state index contributed by atoms with van der Waals surface area (Å²) in [5.74, 6) is 0.394. The third kappa shape index (κ3) is 4.45. The molecule has 3 aromatic rings. The van der Waals surface area contributed by atoms with Gasteiger partial charge in [-0.3, -0.25) is 14.6 Å². The third-order valence-electron chi connectivity index (χ3n) is 4.01. The van der Waals surface area contributed by atoms with Crippen LogP contribution >= 0.6 is 0 Å². The Morgan fingerprint density at radius 3 is 3.00 bits per heavy atom. The Balaban J connectivity index is 1.76. The fourth-order valence-corrected chi connectivity index (χ4v) is 2.66. The van der Waals surface area contributed by atoms with Gasteiger partial charge in [-0.15, -0.1) is 10.2 Å². The van der Waals surface area contributed by atoms with Crippen LogP contribution in [-0.2, 0) is 11.3 Å². The number of aromatic nitrogens is 5. The largest absolute Gasteiger partial charge is 0.383 e. The van der Waals surface area contributed by atoms with Gasteiger partial charge in [0.15, 0.2) is 5.82 Å². The number of benzene rings is 1. The molecule has 2 heterocycles. The van der Waals surface area contributed by atoms with Crippen LogP contribution in [0.1, 0.15) is 29.1 Å². The zero-order valence-corrected chi connectivity index (χ0v) is 15.0. The smallest absolute Gasteiger partial charge is 0.266 e. The summed E-state index contributed by atoms with van der Waals surface area (Å²) in [5, 5.41) is 10.9. The van der Waals surface area contributed by atoms with Gasteiger partial charge < -0.3 is 19.6 Å². The van der Waals surface area contributed by atoms with E-state index < -0.39 is 0 Å². The molecular weight excluding hydrogens is 348 g/mol. The number of hydrogen-bond donors (Lipinski definition) is 2. The number of aromatic amines is 1. The lowest BCUT2D eigenvalue weighted by Crippen LogP contribution is -2.29. The summed E-state index contributed by atoms with van der Waals surface area (Å²) in [5.41, 5.74) is 1.41. The molecule has 140 valence electrons. The van der Waals surface area contributed by atoms with Crippen LogP contribution in [-0.4, -0.2) is 44.4 Å². The van der Waals surface area contributed by atoms with Crippen molar-refractivity contribution in [1.82, 2.24) is 30.0 Å². The average Bonchev–Trinajstić information content (AvgIpc) is 3.15. The Hall–Kier alpha value is -3.33. The van der Waals surface area contributed by atoms with Crippen LogP contribution in [0.15, 0.2) is 47.8 Å². The zero-order valence-electron chi connectivity index (χ0n) is 15.0. The van der Waals surface area contributed by atoms with Crippen molar-refractivity contribution in [2.24, 2.45) is 0 Å². The lowest BCUT2D eigenvalue weighted by atomic mass is 10.1. The highest BCUT2D eigenvalue weighted by Crippen LogP contribution is 2.17. The van der Waals surface area contributed by atoms with Gasteiger partial charge in [0.1, 0.15) is 6.33 Å². The van der Waals surface area contributed by atoms with E-state index in [2.05, 4.69) is 25.5 Å². The first kappa shape index (κ1) is 18.5. The highest BCUT2D eigenvalue weighted by atomic mass is 16.5. The fraction of sp³-hybridized carbons (Fsp3) is 0.278. The number of amides is 1. The Labute approximate surface area is 155 Å². The molecule has 0 spiro atoms. The van der Waals surface area contributed by atoms with E-state index in [4.69, 9.17) is 4.74 Å². The van der Waals surface area contributed by atoms with Crippen molar-refractivity contribution in [2.75, 3.05) is 13.7 Å². The van der Waals surface area contributed by atoms with E-state index in [0.29, 0.717) is 35.8 Å². The summed E-state index contributed by atoms with van der Waals surface area (Å²) in [7, 11) is 1.62. The predicted molar refractivity (Wildman–Crippen MR) is 98.1 cm³/mol. The molecule has 0 radical (unpaired) electrons. The van der Waals surface area contributed by atoms with Crippen molar-refractivity contribution >= 4 is 5.91 Å². The minimum atomic E-state index is -0.335. The molecule has 9 nitrogen and oxygen atoms in total. The van der Waals surface area contributed by atoms with E-state index in [1.54, 1.807) is 43.9 Å². The first-order valence-electron chi connectivity index (χ1n) is 8.40. The van der Waals surface area contributed by atoms with Crippen LogP contribution in [0.5, 0.6) is 0 Å². The quantitative estimate of drug-likeness (QED) is 0.647. The molecule has 3 rings (SSSR count). The van der Waals surface area contributed by atoms with E-state index >= 15 is 0 Å². The minimum absolute atomic E-state index is 0.253. The summed E-state index contributed by atoms with van der Waals surface area (Å²) in [6, 6.07) is 6.62. The summed E-state index contributed by atoms with van der Waals surface area (Å²) in [6.45, 7) is 2.97. The van der Waals surface area contributed by atoms with Crippen LogP contribution in [0.25, 0.3) is 11.3 Å². The topological polar surface area (TPSA) is 115 Å². The molecule has 0 aliphatic heterocycles. The number of carbonyl (C=O) groups excluding carboxylic acids is 1. The van der Waals surface area contributed by atoms with Gasteiger partial charge >= 0.3 is 0 Å². The Kier molecular flexibility index (Phi) is 5.72. The van der Waals surface area contributed by atoms with Crippen LogP contribution < -0.4 is 10.9 Å². The van der Waals surface area contributed by atoms with Gasteiger partial charge in [-0.25, -0.2) is 0 Å². The van der Waals surface area contributed by atoms with E-state index in [9.17, 15) is 9.59 Å². The minimum Gasteiger partial charge on any atom is -0.383 e. The van der Waals surface area contributed by atoms with E-state index in [1.165, 1.54) is 6.20 Å². The SMILES string of the molecule is COCCn1cnnc1[C@H](C)NC(=O)c1cccc(-c2cncc(=O)[nH]2)c1. The Morgan fingerprint density at radius 2 is 2.22 bits per heavy atom. The monoisotopic (exact) mass is 368 g/mol. The van der Waals surface area contributed by atoms with Crippen molar-refractivity contribution in [2.45, 2.75) is 19.5 Å². The molecule has 9 heteroatoms. The molecule has 2 aromatic heterocycles. The number of carbonyl (C=O) groups is 1.